The molecule has 1 aliphatic heterocycles. The van der Waals surface area contributed by atoms with Crippen LogP contribution in [-0.4, -0.2) is 27.7 Å². The van der Waals surface area contributed by atoms with Gasteiger partial charge >= 0.3 is 6.18 Å². The van der Waals surface area contributed by atoms with Crippen molar-refractivity contribution in [1.29, 1.82) is 0 Å². The van der Waals surface area contributed by atoms with E-state index in [4.69, 9.17) is 0 Å². The van der Waals surface area contributed by atoms with Crippen LogP contribution in [0.1, 0.15) is 23.4 Å². The summed E-state index contributed by atoms with van der Waals surface area (Å²) in [6.07, 6.45) is -0.667. The molecule has 0 radical (unpaired) electrons. The highest BCUT2D eigenvalue weighted by Crippen LogP contribution is 2.38. The lowest BCUT2D eigenvalue weighted by Gasteiger charge is -2.21. The van der Waals surface area contributed by atoms with Crippen LogP contribution in [-0.2, 0) is 11.0 Å². The normalized spacial score (nSPS) is 18.7. The Hall–Kier alpha value is -1.89. The van der Waals surface area contributed by atoms with Crippen molar-refractivity contribution in [2.24, 2.45) is 0 Å². The van der Waals surface area contributed by atoms with Crippen molar-refractivity contribution >= 4 is 17.7 Å². The van der Waals surface area contributed by atoms with Crippen LogP contribution in [0.5, 0.6) is 0 Å². The number of hydrogen-bond donors (Lipinski definition) is 0. The van der Waals surface area contributed by atoms with Gasteiger partial charge in [0.15, 0.2) is 0 Å². The molecule has 0 unspecified atom stereocenters. The maximum absolute atomic E-state index is 12.6. The van der Waals surface area contributed by atoms with E-state index in [-0.39, 0.29) is 11.3 Å². The van der Waals surface area contributed by atoms with E-state index in [2.05, 4.69) is 0 Å². The Kier molecular flexibility index (Phi) is 4.14. The molecule has 1 amide bonds. The topological polar surface area (TPSA) is 25.2 Å². The predicted molar refractivity (Wildman–Crippen MR) is 83.4 cm³/mol. The molecule has 0 saturated carbocycles. The highest BCUT2D eigenvalue weighted by molar-refractivity contribution is 8.00. The molecule has 23 heavy (non-hydrogen) atoms. The first-order chi connectivity index (χ1) is 10.9. The van der Waals surface area contributed by atoms with Crippen molar-refractivity contribution in [1.82, 2.24) is 9.47 Å². The van der Waals surface area contributed by atoms with Gasteiger partial charge in [-0.1, -0.05) is 0 Å². The third-order valence-corrected chi connectivity index (χ3v) is 5.06. The van der Waals surface area contributed by atoms with Gasteiger partial charge in [-0.2, -0.15) is 13.2 Å². The number of thioether (sulfide) groups is 1. The number of rotatable bonds is 3. The van der Waals surface area contributed by atoms with Crippen molar-refractivity contribution < 1.29 is 18.0 Å². The van der Waals surface area contributed by atoms with Gasteiger partial charge in [0, 0.05) is 30.2 Å². The fourth-order valence-corrected chi connectivity index (χ4v) is 3.86. The van der Waals surface area contributed by atoms with E-state index >= 15 is 0 Å². The molecule has 3 rings (SSSR count). The number of hydrogen-bond acceptors (Lipinski definition) is 2. The molecule has 0 bridgehead atoms. The van der Waals surface area contributed by atoms with Crippen LogP contribution in [0.15, 0.2) is 42.7 Å². The number of carbonyl (C=O) groups is 1. The molecule has 2 aromatic rings. The van der Waals surface area contributed by atoms with E-state index in [0.717, 1.165) is 17.7 Å². The number of benzene rings is 1. The molecular formula is C16H15F3N2OS. The van der Waals surface area contributed by atoms with Gasteiger partial charge in [-0.15, -0.1) is 11.8 Å². The molecule has 1 saturated heterocycles. The second-order valence-electron chi connectivity index (χ2n) is 5.24. The van der Waals surface area contributed by atoms with Crippen LogP contribution in [0.2, 0.25) is 0 Å². The Labute approximate surface area is 136 Å². The quantitative estimate of drug-likeness (QED) is 0.841. The van der Waals surface area contributed by atoms with E-state index in [1.165, 1.54) is 12.1 Å². The van der Waals surface area contributed by atoms with Gasteiger partial charge in [0.1, 0.15) is 5.37 Å². The molecule has 0 aliphatic carbocycles. The first-order valence-corrected chi connectivity index (χ1v) is 8.21. The molecule has 122 valence electrons. The molecule has 7 heteroatoms. The van der Waals surface area contributed by atoms with Crippen LogP contribution in [0, 0.1) is 0 Å². The summed E-state index contributed by atoms with van der Waals surface area (Å²) in [4.78, 5) is 13.6. The molecule has 1 aromatic heterocycles. The second-order valence-corrected chi connectivity index (χ2v) is 6.31. The number of halogens is 3. The minimum absolute atomic E-state index is 0.0248. The van der Waals surface area contributed by atoms with Crippen LogP contribution in [0.4, 0.5) is 13.2 Å². The monoisotopic (exact) mass is 340 g/mol. The Bertz CT molecular complexity index is 709. The van der Waals surface area contributed by atoms with Crippen molar-refractivity contribution in [3.8, 4) is 5.69 Å². The summed E-state index contributed by atoms with van der Waals surface area (Å²) in [5.74, 6) is 0.578. The number of aromatic nitrogens is 1. The lowest BCUT2D eigenvalue weighted by Crippen LogP contribution is -2.27. The molecular weight excluding hydrogens is 325 g/mol. The summed E-state index contributed by atoms with van der Waals surface area (Å²) in [6.45, 7) is 2.57. The lowest BCUT2D eigenvalue weighted by atomic mass is 10.2. The highest BCUT2D eigenvalue weighted by Gasteiger charge is 2.32. The predicted octanol–water partition coefficient (Wildman–Crippen LogP) is 4.09. The summed E-state index contributed by atoms with van der Waals surface area (Å²) in [5.41, 5.74) is 0.965. The van der Waals surface area contributed by atoms with Crippen LogP contribution < -0.4 is 0 Å². The zero-order valence-electron chi connectivity index (χ0n) is 12.4. The molecule has 1 aromatic carbocycles. The summed E-state index contributed by atoms with van der Waals surface area (Å²) >= 11 is 1.56. The fraction of sp³-hybridized carbons (Fsp3) is 0.312. The van der Waals surface area contributed by atoms with Crippen LogP contribution in [0.3, 0.4) is 0 Å². The third kappa shape index (κ3) is 3.10. The Balaban J connectivity index is 1.83. The minimum atomic E-state index is -4.33. The maximum atomic E-state index is 12.6. The average Bonchev–Trinajstić information content (AvgIpc) is 3.12. The van der Waals surface area contributed by atoms with Crippen molar-refractivity contribution in [2.45, 2.75) is 18.5 Å². The number of amides is 1. The van der Waals surface area contributed by atoms with Crippen molar-refractivity contribution in [3.05, 3.63) is 53.9 Å². The van der Waals surface area contributed by atoms with E-state index < -0.39 is 11.7 Å². The fourth-order valence-electron chi connectivity index (χ4n) is 2.61. The molecule has 1 atom stereocenters. The molecule has 1 fully saturated rings. The van der Waals surface area contributed by atoms with Gasteiger partial charge in [0.05, 0.1) is 11.3 Å². The van der Waals surface area contributed by atoms with E-state index in [1.807, 2.05) is 19.2 Å². The number of carbonyl (C=O) groups excluding carboxylic acids is 1. The van der Waals surface area contributed by atoms with Crippen molar-refractivity contribution in [2.75, 3.05) is 12.3 Å². The van der Waals surface area contributed by atoms with Crippen LogP contribution in [0.25, 0.3) is 5.69 Å². The standard InChI is InChI=1S/C16H15F3N2OS/c1-2-21-14(22)10-23-15(21)11-7-8-20(9-11)13-5-3-12(4-6-13)16(17,18)19/h3-9,15H,2,10H2,1H3/t15-/m0/s1. The zero-order chi connectivity index (χ0) is 16.6. The lowest BCUT2D eigenvalue weighted by molar-refractivity contribution is -0.137. The third-order valence-electron chi connectivity index (χ3n) is 3.80. The Morgan fingerprint density at radius 3 is 2.52 bits per heavy atom. The number of alkyl halides is 3. The Morgan fingerprint density at radius 2 is 1.91 bits per heavy atom. The molecule has 3 nitrogen and oxygen atoms in total. The van der Waals surface area contributed by atoms with E-state index in [9.17, 15) is 18.0 Å². The number of nitrogens with zero attached hydrogens (tertiary/aromatic N) is 2. The van der Waals surface area contributed by atoms with Gasteiger partial charge in [-0.3, -0.25) is 4.79 Å². The average molecular weight is 340 g/mol. The van der Waals surface area contributed by atoms with Gasteiger partial charge in [-0.05, 0) is 37.3 Å². The first-order valence-electron chi connectivity index (χ1n) is 7.16. The molecule has 0 spiro atoms. The second kappa shape index (κ2) is 5.96. The summed E-state index contributed by atoms with van der Waals surface area (Å²) < 4.78 is 39.6. The summed E-state index contributed by atoms with van der Waals surface area (Å²) in [6, 6.07) is 6.92. The molecule has 1 aliphatic rings. The highest BCUT2D eigenvalue weighted by atomic mass is 32.2. The zero-order valence-corrected chi connectivity index (χ0v) is 13.2. The van der Waals surface area contributed by atoms with E-state index in [1.54, 1.807) is 27.4 Å². The van der Waals surface area contributed by atoms with Crippen molar-refractivity contribution in [3.63, 3.8) is 0 Å². The first kappa shape index (κ1) is 16.0. The van der Waals surface area contributed by atoms with Gasteiger partial charge in [0.25, 0.3) is 0 Å². The van der Waals surface area contributed by atoms with Gasteiger partial charge < -0.3 is 9.47 Å². The van der Waals surface area contributed by atoms with Crippen LogP contribution >= 0.6 is 11.8 Å². The van der Waals surface area contributed by atoms with Gasteiger partial charge in [0.2, 0.25) is 5.91 Å². The summed E-state index contributed by atoms with van der Waals surface area (Å²) in [7, 11) is 0. The summed E-state index contributed by atoms with van der Waals surface area (Å²) in [5, 5.41) is -0.0248. The van der Waals surface area contributed by atoms with Gasteiger partial charge in [-0.25, -0.2) is 0 Å². The molecule has 2 heterocycles. The SMILES string of the molecule is CCN1C(=O)CS[C@H]1c1ccn(-c2ccc(C(F)(F)F)cc2)c1. The minimum Gasteiger partial charge on any atom is -0.326 e. The maximum Gasteiger partial charge on any atom is 0.416 e. The van der Waals surface area contributed by atoms with E-state index in [0.29, 0.717) is 18.0 Å². The largest absolute Gasteiger partial charge is 0.416 e. The molecule has 0 N–H and O–H groups in total. The Morgan fingerprint density at radius 1 is 1.22 bits per heavy atom. The smallest absolute Gasteiger partial charge is 0.326 e.